The zero-order valence-electron chi connectivity index (χ0n) is 14.4. The van der Waals surface area contributed by atoms with Crippen molar-refractivity contribution in [1.82, 2.24) is 15.2 Å². The third-order valence-electron chi connectivity index (χ3n) is 5.58. The number of amides is 1. The van der Waals surface area contributed by atoms with Gasteiger partial charge in [-0.15, -0.1) is 0 Å². The van der Waals surface area contributed by atoms with Crippen LogP contribution in [-0.2, 0) is 0 Å². The maximum Gasteiger partial charge on any atom is 0.270 e. The van der Waals surface area contributed by atoms with E-state index in [0.717, 1.165) is 25.7 Å². The van der Waals surface area contributed by atoms with Crippen LogP contribution in [0, 0.1) is 10.1 Å². The molecule has 8 heteroatoms. The van der Waals surface area contributed by atoms with Gasteiger partial charge in [-0.2, -0.15) is 0 Å². The average molecular weight is 356 g/mol. The van der Waals surface area contributed by atoms with Crippen LogP contribution in [0.2, 0.25) is 0 Å². The van der Waals surface area contributed by atoms with E-state index in [4.69, 9.17) is 0 Å². The molecule has 2 saturated heterocycles. The number of nitro groups is 1. The van der Waals surface area contributed by atoms with Gasteiger partial charge in [0.1, 0.15) is 0 Å². The number of carbonyl (C=O) groups excluding carboxylic acids is 1. The summed E-state index contributed by atoms with van der Waals surface area (Å²) in [5, 5.41) is 15.0. The summed E-state index contributed by atoms with van der Waals surface area (Å²) in [6, 6.07) is 6.35. The number of nitro benzene ring substituents is 1. The number of piperidine rings is 1. The second kappa shape index (κ2) is 6.21. The summed E-state index contributed by atoms with van der Waals surface area (Å²) in [4.78, 5) is 40.0. The second-order valence-corrected chi connectivity index (χ2v) is 7.21. The highest BCUT2D eigenvalue weighted by molar-refractivity contribution is 6.06. The molecule has 2 aliphatic rings. The maximum absolute atomic E-state index is 13.1. The summed E-state index contributed by atoms with van der Waals surface area (Å²) in [7, 11) is 1.75. The molecule has 8 nitrogen and oxygen atoms in total. The molecule has 2 aliphatic heterocycles. The second-order valence-electron chi connectivity index (χ2n) is 7.21. The fraction of sp³-hybridized carbons (Fsp3) is 0.444. The van der Waals surface area contributed by atoms with E-state index in [1.165, 1.54) is 24.3 Å². The van der Waals surface area contributed by atoms with Gasteiger partial charge in [0.15, 0.2) is 0 Å². The number of nitrogens with one attached hydrogen (secondary N) is 2. The van der Waals surface area contributed by atoms with Gasteiger partial charge in [-0.3, -0.25) is 19.7 Å². The molecule has 0 radical (unpaired) electrons. The van der Waals surface area contributed by atoms with Crippen molar-refractivity contribution in [2.24, 2.45) is 0 Å². The lowest BCUT2D eigenvalue weighted by Crippen LogP contribution is -2.48. The van der Waals surface area contributed by atoms with Crippen molar-refractivity contribution in [2.75, 3.05) is 7.05 Å². The van der Waals surface area contributed by atoms with Crippen LogP contribution in [0.1, 0.15) is 36.0 Å². The smallest absolute Gasteiger partial charge is 0.270 e. The van der Waals surface area contributed by atoms with Crippen molar-refractivity contribution in [1.29, 1.82) is 0 Å². The number of H-pyrrole nitrogens is 1. The molecule has 4 rings (SSSR count). The summed E-state index contributed by atoms with van der Waals surface area (Å²) in [5.41, 5.74) is 0.126. The van der Waals surface area contributed by atoms with E-state index < -0.39 is 10.5 Å². The number of aromatic amines is 1. The normalized spacial score (nSPS) is 24.6. The summed E-state index contributed by atoms with van der Waals surface area (Å²) in [5.74, 6) is -0.270. The standard InChI is InChI=1S/C18H20N4O4/c1-21(13-6-10-2-3-11(7-13)19-10)18(24)15-9-17(23)20-16-5-4-12(22(25)26)8-14(15)16/h4-5,8-11,13,19H,2-3,6-7H2,1H3,(H,20,23). The van der Waals surface area contributed by atoms with Crippen LogP contribution in [0.5, 0.6) is 0 Å². The van der Waals surface area contributed by atoms with E-state index in [1.807, 2.05) is 0 Å². The van der Waals surface area contributed by atoms with E-state index in [0.29, 0.717) is 23.0 Å². The number of pyridine rings is 1. The molecule has 2 atom stereocenters. The zero-order chi connectivity index (χ0) is 18.4. The molecule has 0 saturated carbocycles. The SMILES string of the molecule is CN(C(=O)c1cc(=O)[nH]c2ccc([N+](=O)[O-])cc12)C1CC2CCC(C1)N2. The number of hydrogen-bond donors (Lipinski definition) is 2. The Labute approximate surface area is 149 Å². The molecular formula is C18H20N4O4. The van der Waals surface area contributed by atoms with E-state index in [1.54, 1.807) is 11.9 Å². The summed E-state index contributed by atoms with van der Waals surface area (Å²) >= 11 is 0. The van der Waals surface area contributed by atoms with Gasteiger partial charge in [0, 0.05) is 54.3 Å². The molecular weight excluding hydrogens is 336 g/mol. The first-order chi connectivity index (χ1) is 12.4. The minimum Gasteiger partial charge on any atom is -0.339 e. The van der Waals surface area contributed by atoms with Crippen LogP contribution in [0.3, 0.4) is 0 Å². The summed E-state index contributed by atoms with van der Waals surface area (Å²) in [6.45, 7) is 0. The van der Waals surface area contributed by atoms with Crippen LogP contribution in [0.25, 0.3) is 10.9 Å². The van der Waals surface area contributed by atoms with E-state index in [-0.39, 0.29) is 23.2 Å². The summed E-state index contributed by atoms with van der Waals surface area (Å²) in [6.07, 6.45) is 4.03. The Morgan fingerprint density at radius 1 is 1.23 bits per heavy atom. The van der Waals surface area contributed by atoms with Gasteiger partial charge in [-0.25, -0.2) is 0 Å². The minimum atomic E-state index is -0.507. The Balaban J connectivity index is 1.72. The Hall–Kier alpha value is -2.74. The highest BCUT2D eigenvalue weighted by Crippen LogP contribution is 2.30. The lowest BCUT2D eigenvalue weighted by Gasteiger charge is -2.35. The first-order valence-electron chi connectivity index (χ1n) is 8.77. The average Bonchev–Trinajstić information content (AvgIpc) is 2.97. The molecule has 136 valence electrons. The van der Waals surface area contributed by atoms with Crippen LogP contribution >= 0.6 is 0 Å². The van der Waals surface area contributed by atoms with E-state index in [9.17, 15) is 19.7 Å². The van der Waals surface area contributed by atoms with Crippen LogP contribution in [0.4, 0.5) is 5.69 Å². The van der Waals surface area contributed by atoms with Gasteiger partial charge in [-0.1, -0.05) is 0 Å². The fourth-order valence-corrected chi connectivity index (χ4v) is 4.23. The molecule has 2 bridgehead atoms. The Kier molecular flexibility index (Phi) is 3.99. The van der Waals surface area contributed by atoms with Gasteiger partial charge < -0.3 is 15.2 Å². The molecule has 1 amide bonds. The molecule has 1 aromatic carbocycles. The van der Waals surface area contributed by atoms with Crippen molar-refractivity contribution in [3.05, 3.63) is 50.3 Å². The molecule has 0 aliphatic carbocycles. The lowest BCUT2D eigenvalue weighted by atomic mass is 9.97. The predicted molar refractivity (Wildman–Crippen MR) is 96.3 cm³/mol. The Bertz CT molecular complexity index is 942. The van der Waals surface area contributed by atoms with Crippen molar-refractivity contribution in [3.63, 3.8) is 0 Å². The van der Waals surface area contributed by atoms with Crippen LogP contribution in [-0.4, -0.2) is 45.9 Å². The largest absolute Gasteiger partial charge is 0.339 e. The maximum atomic E-state index is 13.1. The van der Waals surface area contributed by atoms with Crippen molar-refractivity contribution in [2.45, 2.75) is 43.8 Å². The third kappa shape index (κ3) is 2.86. The van der Waals surface area contributed by atoms with Crippen molar-refractivity contribution >= 4 is 22.5 Å². The number of nitrogens with zero attached hydrogens (tertiary/aromatic N) is 2. The van der Waals surface area contributed by atoms with Gasteiger partial charge in [-0.05, 0) is 31.7 Å². The molecule has 2 N–H and O–H groups in total. The van der Waals surface area contributed by atoms with Gasteiger partial charge in [0.05, 0.1) is 10.5 Å². The highest BCUT2D eigenvalue weighted by atomic mass is 16.6. The molecule has 2 fully saturated rings. The predicted octanol–water partition coefficient (Wildman–Crippen LogP) is 1.79. The van der Waals surface area contributed by atoms with Crippen LogP contribution in [0.15, 0.2) is 29.1 Å². The Morgan fingerprint density at radius 2 is 1.92 bits per heavy atom. The molecule has 2 unspecified atom stereocenters. The number of carbonyl (C=O) groups is 1. The topological polar surface area (TPSA) is 108 Å². The zero-order valence-corrected chi connectivity index (χ0v) is 14.4. The summed E-state index contributed by atoms with van der Waals surface area (Å²) < 4.78 is 0. The van der Waals surface area contributed by atoms with Gasteiger partial charge in [0.2, 0.25) is 5.56 Å². The number of benzene rings is 1. The monoisotopic (exact) mass is 356 g/mol. The molecule has 1 aromatic heterocycles. The number of rotatable bonds is 3. The Morgan fingerprint density at radius 3 is 2.58 bits per heavy atom. The van der Waals surface area contributed by atoms with Crippen molar-refractivity contribution < 1.29 is 9.72 Å². The number of aromatic nitrogens is 1. The number of non-ortho nitro benzene ring substituents is 1. The number of hydrogen-bond acceptors (Lipinski definition) is 5. The van der Waals surface area contributed by atoms with Crippen LogP contribution < -0.4 is 10.9 Å². The number of fused-ring (bicyclic) bond motifs is 3. The van der Waals surface area contributed by atoms with Crippen molar-refractivity contribution in [3.8, 4) is 0 Å². The first-order valence-corrected chi connectivity index (χ1v) is 8.77. The molecule has 2 aromatic rings. The lowest BCUT2D eigenvalue weighted by molar-refractivity contribution is -0.384. The van der Waals surface area contributed by atoms with E-state index in [2.05, 4.69) is 10.3 Å². The van der Waals surface area contributed by atoms with E-state index >= 15 is 0 Å². The highest BCUT2D eigenvalue weighted by Gasteiger charge is 2.36. The molecule has 3 heterocycles. The minimum absolute atomic E-state index is 0.106. The first kappa shape index (κ1) is 16.7. The molecule has 0 spiro atoms. The molecule has 26 heavy (non-hydrogen) atoms. The third-order valence-corrected chi connectivity index (χ3v) is 5.58. The van der Waals surface area contributed by atoms with Gasteiger partial charge >= 0.3 is 0 Å². The quantitative estimate of drug-likeness (QED) is 0.644. The van der Waals surface area contributed by atoms with Gasteiger partial charge in [0.25, 0.3) is 11.6 Å². The fourth-order valence-electron chi connectivity index (χ4n) is 4.23.